The number of ether oxygens (including phenoxy) is 3. The van der Waals surface area contributed by atoms with Crippen LogP contribution in [0.5, 0.6) is 17.2 Å². The van der Waals surface area contributed by atoms with Gasteiger partial charge >= 0.3 is 6.61 Å². The second-order valence-corrected chi connectivity index (χ2v) is 5.39. The number of aliphatic imine (C=N–C) groups is 1. The van der Waals surface area contributed by atoms with Crippen LogP contribution in [0.4, 0.5) is 8.78 Å². The van der Waals surface area contributed by atoms with E-state index in [9.17, 15) is 8.78 Å². The number of hydrogen-bond donors (Lipinski definition) is 2. The number of fused-ring (bicyclic) bond motifs is 1. The van der Waals surface area contributed by atoms with E-state index in [0.29, 0.717) is 28.9 Å². The zero-order chi connectivity index (χ0) is 16.8. The fourth-order valence-electron chi connectivity index (χ4n) is 2.01. The van der Waals surface area contributed by atoms with Gasteiger partial charge in [0.2, 0.25) is 6.79 Å². The molecule has 2 rings (SSSR count). The van der Waals surface area contributed by atoms with E-state index >= 15 is 0 Å². The fourth-order valence-corrected chi connectivity index (χ4v) is 2.01. The summed E-state index contributed by atoms with van der Waals surface area (Å²) in [5.41, 5.74) is 0.530. The standard InChI is InChI=1S/C15H21F2N3O3.HI/c1-9(2)6-19-15(18-3)20-7-10-4-12-13(22-8-21-12)5-11(10)23-14(16)17;/h4-5,9,14H,6-8H2,1-3H3,(H2,18,19,20);1H. The van der Waals surface area contributed by atoms with E-state index in [-0.39, 0.29) is 43.1 Å². The summed E-state index contributed by atoms with van der Waals surface area (Å²) < 4.78 is 40.2. The lowest BCUT2D eigenvalue weighted by Crippen LogP contribution is -2.38. The molecule has 1 aliphatic rings. The molecule has 0 fully saturated rings. The summed E-state index contributed by atoms with van der Waals surface area (Å²) in [7, 11) is 1.64. The first kappa shape index (κ1) is 20.5. The summed E-state index contributed by atoms with van der Waals surface area (Å²) in [6, 6.07) is 3.04. The SMILES string of the molecule is CN=C(NCc1cc2c(cc1OC(F)F)OCO2)NCC(C)C.I. The molecule has 0 radical (unpaired) electrons. The third-order valence-electron chi connectivity index (χ3n) is 3.12. The van der Waals surface area contributed by atoms with Crippen LogP contribution in [-0.4, -0.2) is 33.0 Å². The highest BCUT2D eigenvalue weighted by molar-refractivity contribution is 14.0. The minimum Gasteiger partial charge on any atom is -0.454 e. The van der Waals surface area contributed by atoms with Gasteiger partial charge in [-0.3, -0.25) is 4.99 Å². The number of benzene rings is 1. The number of halogens is 3. The number of nitrogens with one attached hydrogen (secondary N) is 2. The van der Waals surface area contributed by atoms with Crippen molar-refractivity contribution in [3.05, 3.63) is 17.7 Å². The van der Waals surface area contributed by atoms with E-state index in [4.69, 9.17) is 9.47 Å². The molecule has 0 spiro atoms. The van der Waals surface area contributed by atoms with Gasteiger partial charge in [-0.2, -0.15) is 8.78 Å². The average molecular weight is 457 g/mol. The van der Waals surface area contributed by atoms with Gasteiger partial charge in [-0.15, -0.1) is 24.0 Å². The van der Waals surface area contributed by atoms with E-state index in [1.54, 1.807) is 13.1 Å². The molecule has 1 aliphatic heterocycles. The van der Waals surface area contributed by atoms with Crippen LogP contribution in [0.3, 0.4) is 0 Å². The molecule has 0 bridgehead atoms. The van der Waals surface area contributed by atoms with Crippen LogP contribution in [0.25, 0.3) is 0 Å². The number of rotatable bonds is 6. The second kappa shape index (κ2) is 9.70. The Hall–Kier alpha value is -1.52. The molecule has 1 heterocycles. The molecule has 24 heavy (non-hydrogen) atoms. The fraction of sp³-hybridized carbons (Fsp3) is 0.533. The van der Waals surface area contributed by atoms with Crippen molar-refractivity contribution in [3.63, 3.8) is 0 Å². The van der Waals surface area contributed by atoms with Crippen LogP contribution in [0.1, 0.15) is 19.4 Å². The van der Waals surface area contributed by atoms with Gasteiger partial charge in [0.05, 0.1) is 0 Å². The summed E-state index contributed by atoms with van der Waals surface area (Å²) >= 11 is 0. The van der Waals surface area contributed by atoms with Crippen molar-refractivity contribution >= 4 is 29.9 Å². The number of nitrogens with zero attached hydrogens (tertiary/aromatic N) is 1. The van der Waals surface area contributed by atoms with Crippen molar-refractivity contribution < 1.29 is 23.0 Å². The molecule has 2 N–H and O–H groups in total. The highest BCUT2D eigenvalue weighted by atomic mass is 127. The van der Waals surface area contributed by atoms with Gasteiger partial charge in [0.25, 0.3) is 0 Å². The molecule has 1 aromatic rings. The molecule has 0 unspecified atom stereocenters. The first-order valence-corrected chi connectivity index (χ1v) is 7.31. The topological polar surface area (TPSA) is 64.1 Å². The third kappa shape index (κ3) is 5.84. The summed E-state index contributed by atoms with van der Waals surface area (Å²) in [5, 5.41) is 6.21. The quantitative estimate of drug-likeness (QED) is 0.391. The summed E-state index contributed by atoms with van der Waals surface area (Å²) in [6.45, 7) is 2.32. The molecule has 0 atom stereocenters. The summed E-state index contributed by atoms with van der Waals surface area (Å²) in [4.78, 5) is 4.09. The Kier molecular flexibility index (Phi) is 8.29. The molecule has 9 heteroatoms. The van der Waals surface area contributed by atoms with E-state index in [2.05, 4.69) is 34.2 Å². The molecule has 0 aromatic heterocycles. The zero-order valence-electron chi connectivity index (χ0n) is 13.8. The Morgan fingerprint density at radius 2 is 1.92 bits per heavy atom. The second-order valence-electron chi connectivity index (χ2n) is 5.39. The van der Waals surface area contributed by atoms with Gasteiger partial charge in [-0.1, -0.05) is 13.8 Å². The normalized spacial score (nSPS) is 13.0. The first-order valence-electron chi connectivity index (χ1n) is 7.31. The lowest BCUT2D eigenvalue weighted by molar-refractivity contribution is -0.0505. The monoisotopic (exact) mass is 457 g/mol. The van der Waals surface area contributed by atoms with Crippen LogP contribution < -0.4 is 24.8 Å². The predicted molar refractivity (Wildman–Crippen MR) is 97.7 cm³/mol. The lowest BCUT2D eigenvalue weighted by Gasteiger charge is -2.16. The van der Waals surface area contributed by atoms with Gasteiger partial charge in [0, 0.05) is 31.8 Å². The number of guanidine groups is 1. The van der Waals surface area contributed by atoms with E-state index in [1.165, 1.54) is 6.07 Å². The maximum absolute atomic E-state index is 12.6. The van der Waals surface area contributed by atoms with Crippen LogP contribution in [0.2, 0.25) is 0 Å². The molecule has 0 amide bonds. The Bertz CT molecular complexity index is 571. The Balaban J connectivity index is 0.00000288. The Morgan fingerprint density at radius 1 is 1.25 bits per heavy atom. The van der Waals surface area contributed by atoms with Gasteiger partial charge in [-0.25, -0.2) is 0 Å². The van der Waals surface area contributed by atoms with Crippen LogP contribution in [-0.2, 0) is 6.54 Å². The van der Waals surface area contributed by atoms with Crippen molar-refractivity contribution in [3.8, 4) is 17.2 Å². The molecule has 0 aliphatic carbocycles. The predicted octanol–water partition coefficient (Wildman–Crippen LogP) is 2.96. The Morgan fingerprint density at radius 3 is 2.50 bits per heavy atom. The maximum Gasteiger partial charge on any atom is 0.387 e. The minimum atomic E-state index is -2.91. The lowest BCUT2D eigenvalue weighted by atomic mass is 10.1. The van der Waals surface area contributed by atoms with Gasteiger partial charge in [-0.05, 0) is 12.0 Å². The number of alkyl halides is 2. The zero-order valence-corrected chi connectivity index (χ0v) is 16.1. The Labute approximate surface area is 157 Å². The minimum absolute atomic E-state index is 0. The molecule has 0 saturated carbocycles. The molecular weight excluding hydrogens is 435 g/mol. The van der Waals surface area contributed by atoms with Crippen molar-refractivity contribution in [2.45, 2.75) is 27.0 Å². The van der Waals surface area contributed by atoms with E-state index in [1.807, 2.05) is 0 Å². The van der Waals surface area contributed by atoms with E-state index in [0.717, 1.165) is 6.54 Å². The van der Waals surface area contributed by atoms with Gasteiger partial charge in [0.1, 0.15) is 5.75 Å². The number of hydrogen-bond acceptors (Lipinski definition) is 4. The summed E-state index contributed by atoms with van der Waals surface area (Å²) in [5.74, 6) is 1.99. The third-order valence-corrected chi connectivity index (χ3v) is 3.12. The maximum atomic E-state index is 12.6. The molecule has 0 saturated heterocycles. The van der Waals surface area contributed by atoms with Crippen molar-refractivity contribution in [1.82, 2.24) is 10.6 Å². The smallest absolute Gasteiger partial charge is 0.387 e. The van der Waals surface area contributed by atoms with E-state index < -0.39 is 6.61 Å². The van der Waals surface area contributed by atoms with Crippen molar-refractivity contribution in [2.24, 2.45) is 10.9 Å². The highest BCUT2D eigenvalue weighted by Gasteiger charge is 2.20. The van der Waals surface area contributed by atoms with Crippen LogP contribution >= 0.6 is 24.0 Å². The molecule has 136 valence electrons. The van der Waals surface area contributed by atoms with Gasteiger partial charge < -0.3 is 24.8 Å². The van der Waals surface area contributed by atoms with Crippen molar-refractivity contribution in [2.75, 3.05) is 20.4 Å². The molecule has 6 nitrogen and oxygen atoms in total. The largest absolute Gasteiger partial charge is 0.454 e. The molecule has 1 aromatic carbocycles. The molecular formula is C15H22F2IN3O3. The first-order chi connectivity index (χ1) is 11.0. The average Bonchev–Trinajstić information content (AvgIpc) is 2.93. The van der Waals surface area contributed by atoms with Crippen LogP contribution in [0, 0.1) is 5.92 Å². The van der Waals surface area contributed by atoms with Gasteiger partial charge in [0.15, 0.2) is 17.5 Å². The highest BCUT2D eigenvalue weighted by Crippen LogP contribution is 2.38. The summed E-state index contributed by atoms with van der Waals surface area (Å²) in [6.07, 6.45) is 0. The van der Waals surface area contributed by atoms with Crippen LogP contribution in [0.15, 0.2) is 17.1 Å². The van der Waals surface area contributed by atoms with Crippen molar-refractivity contribution in [1.29, 1.82) is 0 Å².